The lowest BCUT2D eigenvalue weighted by Gasteiger charge is -2.47. The van der Waals surface area contributed by atoms with Crippen molar-refractivity contribution in [1.29, 1.82) is 0 Å². The molecule has 5 aliphatic rings. The fourth-order valence-corrected chi connectivity index (χ4v) is 8.62. The number of aromatic nitrogens is 2. The van der Waals surface area contributed by atoms with Gasteiger partial charge in [0.05, 0.1) is 23.2 Å². The van der Waals surface area contributed by atoms with Crippen LogP contribution in [0.1, 0.15) is 56.1 Å². The van der Waals surface area contributed by atoms with Crippen LogP contribution in [0, 0.1) is 11.6 Å². The van der Waals surface area contributed by atoms with Gasteiger partial charge in [0, 0.05) is 18.5 Å². The number of ether oxygens (including phenoxy) is 1. The minimum atomic E-state index is -0.670. The molecule has 4 aliphatic heterocycles. The van der Waals surface area contributed by atoms with Crippen LogP contribution in [-0.2, 0) is 17.6 Å². The first-order valence-corrected chi connectivity index (χ1v) is 15.9. The Morgan fingerprint density at radius 3 is 2.70 bits per heavy atom. The molecule has 43 heavy (non-hydrogen) atoms. The van der Waals surface area contributed by atoms with Gasteiger partial charge in [-0.15, -0.1) is 0 Å². The monoisotopic (exact) mass is 585 g/mol. The van der Waals surface area contributed by atoms with Gasteiger partial charge in [0.25, 0.3) is 0 Å². The number of halogens is 2. The van der Waals surface area contributed by atoms with Crippen molar-refractivity contribution < 1.29 is 18.3 Å². The first kappa shape index (κ1) is 27.0. The molecule has 0 spiro atoms. The van der Waals surface area contributed by atoms with E-state index in [-0.39, 0.29) is 40.6 Å². The first-order valence-electron chi connectivity index (χ1n) is 15.9. The zero-order chi connectivity index (χ0) is 29.3. The zero-order valence-corrected chi connectivity index (χ0v) is 24.5. The Bertz CT molecular complexity index is 1630. The molecule has 1 aliphatic carbocycles. The second kappa shape index (κ2) is 10.3. The summed E-state index contributed by atoms with van der Waals surface area (Å²) in [7, 11) is 0. The Morgan fingerprint density at radius 1 is 1.07 bits per heavy atom. The predicted molar refractivity (Wildman–Crippen MR) is 161 cm³/mol. The Morgan fingerprint density at radius 2 is 1.88 bits per heavy atom. The molecular formula is C34H37F2N5O2. The number of fused-ring (bicyclic) bond motifs is 4. The highest BCUT2D eigenvalue weighted by Gasteiger charge is 2.50. The molecule has 1 unspecified atom stereocenters. The molecule has 0 saturated carbocycles. The van der Waals surface area contributed by atoms with E-state index in [1.807, 2.05) is 17.0 Å². The van der Waals surface area contributed by atoms with Gasteiger partial charge in [0.15, 0.2) is 5.82 Å². The summed E-state index contributed by atoms with van der Waals surface area (Å²) in [5.74, 6) is -0.897. The topological polar surface area (TPSA) is 61.8 Å². The number of anilines is 1. The fraction of sp³-hybridized carbons (Fsp3) is 0.500. The lowest BCUT2D eigenvalue weighted by molar-refractivity contribution is -0.127. The van der Waals surface area contributed by atoms with Gasteiger partial charge in [0.2, 0.25) is 5.91 Å². The first-order chi connectivity index (χ1) is 21.0. The van der Waals surface area contributed by atoms with Gasteiger partial charge >= 0.3 is 6.01 Å². The Kier molecular flexibility index (Phi) is 6.44. The van der Waals surface area contributed by atoms with Crippen LogP contribution >= 0.6 is 0 Å². The maximum absolute atomic E-state index is 16.7. The van der Waals surface area contributed by atoms with E-state index in [2.05, 4.69) is 27.4 Å². The summed E-state index contributed by atoms with van der Waals surface area (Å²) < 4.78 is 39.1. The highest BCUT2D eigenvalue weighted by molar-refractivity contribution is 5.95. The molecule has 4 saturated heterocycles. The molecule has 5 heterocycles. The summed E-state index contributed by atoms with van der Waals surface area (Å²) in [5, 5.41) is 0.337. The Balaban J connectivity index is 1.23. The molecule has 0 N–H and O–H groups in total. The SMILES string of the molecule is C=CC(=O)N1CCC2[C@H]1CN2c1nc(OCC23CCCN2CCC3)nc2c(F)c(-c3cccc4c3CCCC4)c(F)cc12. The number of likely N-dealkylation sites (tertiary alicyclic amines) is 1. The second-order valence-corrected chi connectivity index (χ2v) is 12.9. The van der Waals surface area contributed by atoms with Gasteiger partial charge < -0.3 is 14.5 Å². The molecule has 7 nitrogen and oxygen atoms in total. The normalized spacial score (nSPS) is 24.0. The van der Waals surface area contributed by atoms with E-state index < -0.39 is 11.6 Å². The number of carbonyl (C=O) groups is 1. The number of hydrogen-bond donors (Lipinski definition) is 0. The van der Waals surface area contributed by atoms with Crippen molar-refractivity contribution in [3.63, 3.8) is 0 Å². The number of nitrogens with zero attached hydrogens (tertiary/aromatic N) is 5. The van der Waals surface area contributed by atoms with Crippen LogP contribution in [0.4, 0.5) is 14.6 Å². The van der Waals surface area contributed by atoms with E-state index in [0.29, 0.717) is 36.5 Å². The van der Waals surface area contributed by atoms with Gasteiger partial charge in [-0.25, -0.2) is 8.78 Å². The molecule has 9 heteroatoms. The highest BCUT2D eigenvalue weighted by Crippen LogP contribution is 2.44. The number of benzene rings is 2. The third kappa shape index (κ3) is 4.18. The maximum atomic E-state index is 16.7. The van der Waals surface area contributed by atoms with E-state index in [4.69, 9.17) is 9.72 Å². The van der Waals surface area contributed by atoms with Gasteiger partial charge in [-0.1, -0.05) is 24.8 Å². The third-order valence-corrected chi connectivity index (χ3v) is 10.8. The molecule has 1 amide bonds. The van der Waals surface area contributed by atoms with Gasteiger partial charge in [-0.3, -0.25) is 9.69 Å². The molecule has 8 rings (SSSR count). The second-order valence-electron chi connectivity index (χ2n) is 12.9. The molecule has 224 valence electrons. The number of aryl methyl sites for hydroxylation is 1. The van der Waals surface area contributed by atoms with Crippen LogP contribution in [-0.4, -0.2) is 76.1 Å². The summed E-state index contributed by atoms with van der Waals surface area (Å²) in [6.07, 6.45) is 10.3. The highest BCUT2D eigenvalue weighted by atomic mass is 19.1. The average Bonchev–Trinajstić information content (AvgIpc) is 3.69. The van der Waals surface area contributed by atoms with E-state index in [0.717, 1.165) is 76.4 Å². The number of amides is 1. The van der Waals surface area contributed by atoms with E-state index in [1.165, 1.54) is 17.7 Å². The number of rotatable bonds is 6. The summed E-state index contributed by atoms with van der Waals surface area (Å²) in [5.41, 5.74) is 2.84. The van der Waals surface area contributed by atoms with E-state index >= 15 is 8.78 Å². The minimum absolute atomic E-state index is 0.0144. The van der Waals surface area contributed by atoms with Crippen molar-refractivity contribution in [3.8, 4) is 17.1 Å². The smallest absolute Gasteiger partial charge is 0.319 e. The third-order valence-electron chi connectivity index (χ3n) is 10.8. The van der Waals surface area contributed by atoms with Crippen molar-refractivity contribution in [3.05, 3.63) is 59.7 Å². The Labute approximate surface area is 250 Å². The quantitative estimate of drug-likeness (QED) is 0.360. The summed E-state index contributed by atoms with van der Waals surface area (Å²) in [4.78, 5) is 28.3. The molecular weight excluding hydrogens is 548 g/mol. The van der Waals surface area contributed by atoms with Crippen molar-refractivity contribution in [2.24, 2.45) is 0 Å². The summed E-state index contributed by atoms with van der Waals surface area (Å²) in [6, 6.07) is 7.36. The minimum Gasteiger partial charge on any atom is -0.461 e. The van der Waals surface area contributed by atoms with E-state index in [9.17, 15) is 4.79 Å². The zero-order valence-electron chi connectivity index (χ0n) is 24.5. The molecule has 2 atom stereocenters. The van der Waals surface area contributed by atoms with Gasteiger partial charge in [-0.05, 0) is 99.7 Å². The largest absolute Gasteiger partial charge is 0.461 e. The molecule has 4 fully saturated rings. The molecule has 0 radical (unpaired) electrons. The molecule has 1 aromatic heterocycles. The van der Waals surface area contributed by atoms with Gasteiger partial charge in [-0.2, -0.15) is 9.97 Å². The van der Waals surface area contributed by atoms with Gasteiger partial charge in [0.1, 0.15) is 23.8 Å². The summed E-state index contributed by atoms with van der Waals surface area (Å²) >= 11 is 0. The molecule has 3 aromatic rings. The van der Waals surface area contributed by atoms with Crippen molar-refractivity contribution in [2.75, 3.05) is 37.7 Å². The van der Waals surface area contributed by atoms with Crippen molar-refractivity contribution in [2.45, 2.75) is 75.4 Å². The average molecular weight is 586 g/mol. The molecule has 2 aromatic carbocycles. The lowest BCUT2D eigenvalue weighted by Crippen LogP contribution is -2.63. The van der Waals surface area contributed by atoms with Crippen LogP contribution in [0.25, 0.3) is 22.0 Å². The van der Waals surface area contributed by atoms with E-state index in [1.54, 1.807) is 0 Å². The lowest BCUT2D eigenvalue weighted by atomic mass is 9.85. The fourth-order valence-electron chi connectivity index (χ4n) is 8.62. The van der Waals surface area contributed by atoms with Crippen LogP contribution in [0.3, 0.4) is 0 Å². The summed E-state index contributed by atoms with van der Waals surface area (Å²) in [6.45, 7) is 7.39. The Hall–Kier alpha value is -3.59. The predicted octanol–water partition coefficient (Wildman–Crippen LogP) is 5.44. The van der Waals surface area contributed by atoms with Crippen LogP contribution in [0.2, 0.25) is 0 Å². The van der Waals surface area contributed by atoms with Crippen LogP contribution < -0.4 is 9.64 Å². The molecule has 0 bridgehead atoms. The maximum Gasteiger partial charge on any atom is 0.319 e. The number of hydrogen-bond acceptors (Lipinski definition) is 6. The van der Waals surface area contributed by atoms with Crippen molar-refractivity contribution >= 4 is 22.6 Å². The number of carbonyl (C=O) groups excluding carboxylic acids is 1. The standard InChI is InChI=1S/C34H37F2N5O2/c1-2-28(42)40-17-12-26-27(40)19-41(26)32-24-18-25(35)29(23-11-5-9-21-8-3-4-10-22(21)23)30(36)31(24)37-33(38-32)43-20-34-13-6-15-39(34)16-7-14-34/h2,5,9,11,18,26-27H,1,3-4,6-8,10,12-17,19-20H2/t26?,27-/m1/s1. The van der Waals surface area contributed by atoms with Crippen LogP contribution in [0.5, 0.6) is 6.01 Å². The van der Waals surface area contributed by atoms with Crippen molar-refractivity contribution in [1.82, 2.24) is 19.8 Å². The van der Waals surface area contributed by atoms with Crippen LogP contribution in [0.15, 0.2) is 36.9 Å².